The molecule has 140 valence electrons. The van der Waals surface area contributed by atoms with E-state index in [1.807, 2.05) is 30.0 Å². The van der Waals surface area contributed by atoms with E-state index in [1.165, 1.54) is 5.56 Å². The van der Waals surface area contributed by atoms with Crippen molar-refractivity contribution in [1.82, 2.24) is 35.1 Å². The number of aromatic nitrogens is 6. The molecule has 1 aliphatic rings. The Morgan fingerprint density at radius 2 is 2.14 bits per heavy atom. The van der Waals surface area contributed by atoms with Gasteiger partial charge in [-0.2, -0.15) is 10.3 Å². The van der Waals surface area contributed by atoms with Crippen LogP contribution < -0.4 is 0 Å². The van der Waals surface area contributed by atoms with Crippen LogP contribution in [0.4, 0.5) is 0 Å². The fourth-order valence-corrected chi connectivity index (χ4v) is 3.88. The maximum atomic E-state index is 13.2. The van der Waals surface area contributed by atoms with Gasteiger partial charge < -0.3 is 4.90 Å². The predicted molar refractivity (Wildman–Crippen MR) is 103 cm³/mol. The number of hydrogen-bond donors (Lipinski definition) is 1. The maximum Gasteiger partial charge on any atom is 0.274 e. The lowest BCUT2D eigenvalue weighted by Gasteiger charge is -2.35. The van der Waals surface area contributed by atoms with Gasteiger partial charge in [-0.3, -0.25) is 4.79 Å². The molecule has 0 aliphatic carbocycles. The first-order valence-corrected chi connectivity index (χ1v) is 9.30. The molecule has 0 saturated carbocycles. The topological polar surface area (TPSA) is 92.1 Å². The molecule has 8 nitrogen and oxygen atoms in total. The molecule has 1 unspecified atom stereocenters. The van der Waals surface area contributed by atoms with E-state index in [4.69, 9.17) is 11.6 Å². The van der Waals surface area contributed by atoms with Crippen molar-refractivity contribution in [2.24, 2.45) is 0 Å². The molecule has 1 atom stereocenters. The number of hydrogen-bond acceptors (Lipinski definition) is 5. The van der Waals surface area contributed by atoms with Crippen molar-refractivity contribution in [3.63, 3.8) is 0 Å². The van der Waals surface area contributed by atoms with Crippen LogP contribution in [0, 0.1) is 0 Å². The van der Waals surface area contributed by atoms with Crippen LogP contribution in [-0.2, 0) is 6.42 Å². The number of halogens is 1. The fraction of sp³-hybridized carbons (Fsp3) is 0.211. The van der Waals surface area contributed by atoms with Gasteiger partial charge in [0.15, 0.2) is 5.69 Å². The van der Waals surface area contributed by atoms with Crippen molar-refractivity contribution in [2.45, 2.75) is 19.4 Å². The molecular formula is C19H16ClN7O. The third-order valence-corrected chi connectivity index (χ3v) is 5.42. The number of pyridine rings is 1. The highest BCUT2D eigenvalue weighted by molar-refractivity contribution is 6.30. The zero-order chi connectivity index (χ0) is 19.3. The normalized spacial score (nSPS) is 16.4. The molecule has 4 aromatic rings. The second-order valence-electron chi connectivity index (χ2n) is 6.82. The average Bonchev–Trinajstić information content (AvgIpc) is 3.37. The van der Waals surface area contributed by atoms with Gasteiger partial charge in [-0.15, -0.1) is 10.2 Å². The number of benzene rings is 1. The Labute approximate surface area is 165 Å². The van der Waals surface area contributed by atoms with Gasteiger partial charge >= 0.3 is 0 Å². The molecule has 1 amide bonds. The molecule has 1 aromatic carbocycles. The molecule has 9 heteroatoms. The summed E-state index contributed by atoms with van der Waals surface area (Å²) in [6, 6.07) is 11.4. The first kappa shape index (κ1) is 16.9. The lowest BCUT2D eigenvalue weighted by atomic mass is 9.91. The van der Waals surface area contributed by atoms with E-state index in [2.05, 4.69) is 31.8 Å². The summed E-state index contributed by atoms with van der Waals surface area (Å²) in [6.07, 6.45) is 2.48. The second-order valence-corrected chi connectivity index (χ2v) is 7.26. The molecule has 28 heavy (non-hydrogen) atoms. The molecular weight excluding hydrogens is 378 g/mol. The highest BCUT2D eigenvalue weighted by atomic mass is 35.5. The predicted octanol–water partition coefficient (Wildman–Crippen LogP) is 2.93. The summed E-state index contributed by atoms with van der Waals surface area (Å²) in [5.41, 5.74) is 4.43. The average molecular weight is 394 g/mol. The summed E-state index contributed by atoms with van der Waals surface area (Å²) >= 11 is 6.02. The highest BCUT2D eigenvalue weighted by Crippen LogP contribution is 2.33. The van der Waals surface area contributed by atoms with Crippen molar-refractivity contribution >= 4 is 23.0 Å². The molecule has 3 aromatic heterocycles. The van der Waals surface area contributed by atoms with Crippen LogP contribution in [0.1, 0.15) is 34.6 Å². The molecule has 0 spiro atoms. The molecule has 0 saturated heterocycles. The molecule has 1 aliphatic heterocycles. The highest BCUT2D eigenvalue weighted by Gasteiger charge is 2.30. The maximum absolute atomic E-state index is 13.2. The summed E-state index contributed by atoms with van der Waals surface area (Å²) in [7, 11) is 0. The van der Waals surface area contributed by atoms with Crippen LogP contribution in [0.3, 0.4) is 0 Å². The van der Waals surface area contributed by atoms with E-state index in [1.54, 1.807) is 22.8 Å². The largest absolute Gasteiger partial charge is 0.330 e. The lowest BCUT2D eigenvalue weighted by molar-refractivity contribution is 0.0671. The number of aromatic amines is 1. The third kappa shape index (κ3) is 2.73. The van der Waals surface area contributed by atoms with Gasteiger partial charge in [0, 0.05) is 18.3 Å². The number of rotatable bonds is 2. The third-order valence-electron chi connectivity index (χ3n) is 5.19. The van der Waals surface area contributed by atoms with E-state index >= 15 is 0 Å². The first-order chi connectivity index (χ1) is 13.6. The number of tetrazole rings is 1. The summed E-state index contributed by atoms with van der Waals surface area (Å²) in [6.45, 7) is 2.67. The Bertz CT molecular complexity index is 1180. The van der Waals surface area contributed by atoms with Crippen LogP contribution in [-0.4, -0.2) is 47.6 Å². The SMILES string of the molecule is CC1c2cc(-c3nn[nH]n3)ccc2CCN1C(=O)c1cc2ccc(Cl)cn2n1. The number of amides is 1. The Balaban J connectivity index is 1.48. The summed E-state index contributed by atoms with van der Waals surface area (Å²) in [5, 5.41) is 19.2. The quantitative estimate of drug-likeness (QED) is 0.565. The summed E-state index contributed by atoms with van der Waals surface area (Å²) < 4.78 is 1.63. The van der Waals surface area contributed by atoms with E-state index in [0.717, 1.165) is 23.1 Å². The molecule has 5 rings (SSSR count). The molecule has 4 heterocycles. The second kappa shape index (κ2) is 6.42. The Hall–Kier alpha value is -3.26. The van der Waals surface area contributed by atoms with Crippen LogP contribution in [0.15, 0.2) is 42.6 Å². The first-order valence-electron chi connectivity index (χ1n) is 8.93. The minimum Gasteiger partial charge on any atom is -0.330 e. The van der Waals surface area contributed by atoms with Crippen molar-refractivity contribution < 1.29 is 4.79 Å². The van der Waals surface area contributed by atoms with Gasteiger partial charge in [-0.1, -0.05) is 23.7 Å². The number of H-pyrrole nitrogens is 1. The van der Waals surface area contributed by atoms with Gasteiger partial charge in [0.05, 0.1) is 16.6 Å². The van der Waals surface area contributed by atoms with E-state index < -0.39 is 0 Å². The molecule has 0 bridgehead atoms. The Morgan fingerprint density at radius 3 is 2.96 bits per heavy atom. The van der Waals surface area contributed by atoms with Gasteiger partial charge in [0.2, 0.25) is 5.82 Å². The minimum atomic E-state index is -0.0945. The van der Waals surface area contributed by atoms with E-state index in [0.29, 0.717) is 23.1 Å². The summed E-state index contributed by atoms with van der Waals surface area (Å²) in [4.78, 5) is 15.0. The summed E-state index contributed by atoms with van der Waals surface area (Å²) in [5.74, 6) is 0.443. The zero-order valence-corrected chi connectivity index (χ0v) is 15.8. The zero-order valence-electron chi connectivity index (χ0n) is 15.0. The number of carbonyl (C=O) groups excluding carboxylic acids is 1. The van der Waals surface area contributed by atoms with Crippen LogP contribution in [0.2, 0.25) is 5.02 Å². The van der Waals surface area contributed by atoms with Gasteiger partial charge in [-0.25, -0.2) is 4.52 Å². The molecule has 0 fully saturated rings. The minimum absolute atomic E-state index is 0.0866. The van der Waals surface area contributed by atoms with Crippen molar-refractivity contribution in [1.29, 1.82) is 0 Å². The number of fused-ring (bicyclic) bond motifs is 2. The number of nitrogens with one attached hydrogen (secondary N) is 1. The van der Waals surface area contributed by atoms with E-state index in [9.17, 15) is 4.79 Å². The van der Waals surface area contributed by atoms with Crippen molar-refractivity contribution in [3.05, 3.63) is 64.4 Å². The van der Waals surface area contributed by atoms with Crippen molar-refractivity contribution in [3.8, 4) is 11.4 Å². The van der Waals surface area contributed by atoms with Gasteiger partial charge in [0.1, 0.15) is 0 Å². The Kier molecular flexibility index (Phi) is 3.87. The molecule has 1 N–H and O–H groups in total. The Morgan fingerprint density at radius 1 is 1.25 bits per heavy atom. The van der Waals surface area contributed by atoms with Gasteiger partial charge in [0.25, 0.3) is 5.91 Å². The van der Waals surface area contributed by atoms with Crippen LogP contribution >= 0.6 is 11.6 Å². The van der Waals surface area contributed by atoms with Crippen LogP contribution in [0.25, 0.3) is 16.9 Å². The van der Waals surface area contributed by atoms with E-state index in [-0.39, 0.29) is 11.9 Å². The monoisotopic (exact) mass is 393 g/mol. The molecule has 0 radical (unpaired) electrons. The smallest absolute Gasteiger partial charge is 0.274 e. The fourth-order valence-electron chi connectivity index (χ4n) is 3.73. The number of carbonyl (C=O) groups is 1. The van der Waals surface area contributed by atoms with Gasteiger partial charge in [-0.05, 0) is 54.0 Å². The number of nitrogens with zero attached hydrogens (tertiary/aromatic N) is 6. The van der Waals surface area contributed by atoms with Crippen molar-refractivity contribution in [2.75, 3.05) is 6.54 Å². The lowest BCUT2D eigenvalue weighted by Crippen LogP contribution is -2.39. The standard InChI is InChI=1S/C19H16ClN7O/c1-11-16-8-13(18-21-24-25-22-18)3-2-12(16)6-7-26(11)19(28)17-9-15-5-4-14(20)10-27(15)23-17/h2-5,8-11H,6-7H2,1H3,(H,21,22,24,25). The van der Waals surface area contributed by atoms with Crippen LogP contribution in [0.5, 0.6) is 0 Å².